The minimum atomic E-state index is -0.140. The summed E-state index contributed by atoms with van der Waals surface area (Å²) in [5.41, 5.74) is 2.45. The van der Waals surface area contributed by atoms with Crippen molar-refractivity contribution in [1.29, 1.82) is 0 Å². The molecular formula is C24H36N6O2. The monoisotopic (exact) mass is 440 g/mol. The van der Waals surface area contributed by atoms with Gasteiger partial charge >= 0.3 is 0 Å². The molecule has 2 aliphatic heterocycles. The Hall–Kier alpha value is -2.45. The molecule has 2 aromatic rings. The van der Waals surface area contributed by atoms with Crippen LogP contribution < -0.4 is 10.1 Å². The molecule has 2 aliphatic rings. The van der Waals surface area contributed by atoms with Crippen molar-refractivity contribution in [3.63, 3.8) is 0 Å². The topological polar surface area (TPSA) is 75.5 Å². The number of methoxy groups -OCH3 is 1. The highest BCUT2D eigenvalue weighted by Crippen LogP contribution is 2.22. The van der Waals surface area contributed by atoms with E-state index in [1.807, 2.05) is 13.0 Å². The summed E-state index contributed by atoms with van der Waals surface area (Å²) in [5, 5.41) is 12.1. The predicted octanol–water partition coefficient (Wildman–Crippen LogP) is 2.17. The van der Waals surface area contributed by atoms with Crippen LogP contribution in [0.25, 0.3) is 0 Å². The lowest BCUT2D eigenvalue weighted by Gasteiger charge is -2.29. The molecule has 1 N–H and O–H groups in total. The van der Waals surface area contributed by atoms with Crippen LogP contribution in [0.1, 0.15) is 48.6 Å². The zero-order valence-corrected chi connectivity index (χ0v) is 19.8. The van der Waals surface area contributed by atoms with Gasteiger partial charge < -0.3 is 19.5 Å². The Balaban J connectivity index is 1.36. The van der Waals surface area contributed by atoms with Gasteiger partial charge in [-0.3, -0.25) is 9.69 Å². The molecule has 8 heteroatoms. The minimum Gasteiger partial charge on any atom is -0.496 e. The van der Waals surface area contributed by atoms with Crippen LogP contribution in [0.3, 0.4) is 0 Å². The normalized spacial score (nSPS) is 19.2. The zero-order chi connectivity index (χ0) is 22.7. The molecule has 4 rings (SSSR count). The van der Waals surface area contributed by atoms with Gasteiger partial charge in [0.25, 0.3) is 0 Å². The van der Waals surface area contributed by atoms with Gasteiger partial charge in [-0.2, -0.15) is 0 Å². The molecule has 8 nitrogen and oxygen atoms in total. The molecule has 1 atom stereocenters. The second-order valence-corrected chi connectivity index (χ2v) is 9.26. The number of rotatable bonds is 6. The van der Waals surface area contributed by atoms with E-state index in [1.165, 1.54) is 5.56 Å². The summed E-state index contributed by atoms with van der Waals surface area (Å²) >= 11 is 0. The van der Waals surface area contributed by atoms with Crippen LogP contribution in [0.2, 0.25) is 0 Å². The Kier molecular flexibility index (Phi) is 7.10. The Labute approximate surface area is 190 Å². The number of likely N-dealkylation sites (tertiary alicyclic amines) is 1. The second kappa shape index (κ2) is 10.0. The lowest BCUT2D eigenvalue weighted by Crippen LogP contribution is -2.40. The van der Waals surface area contributed by atoms with Crippen molar-refractivity contribution in [3.05, 3.63) is 41.0 Å². The van der Waals surface area contributed by atoms with Crippen molar-refractivity contribution in [2.75, 3.05) is 40.3 Å². The van der Waals surface area contributed by atoms with Gasteiger partial charge in [0.2, 0.25) is 5.91 Å². The Bertz CT molecular complexity index is 935. The third kappa shape index (κ3) is 5.13. The largest absolute Gasteiger partial charge is 0.496 e. The van der Waals surface area contributed by atoms with Crippen molar-refractivity contribution in [2.45, 2.75) is 52.2 Å². The highest BCUT2D eigenvalue weighted by Gasteiger charge is 2.27. The van der Waals surface area contributed by atoms with Crippen LogP contribution in [0.15, 0.2) is 18.2 Å². The van der Waals surface area contributed by atoms with Gasteiger partial charge in [-0.15, -0.1) is 10.2 Å². The second-order valence-electron chi connectivity index (χ2n) is 9.26. The summed E-state index contributed by atoms with van der Waals surface area (Å²) < 4.78 is 7.59. The summed E-state index contributed by atoms with van der Waals surface area (Å²) in [6.07, 6.45) is 2.71. The maximum atomic E-state index is 12.8. The number of benzene rings is 1. The Morgan fingerprint density at radius 3 is 2.69 bits per heavy atom. The molecule has 0 aliphatic carbocycles. The first kappa shape index (κ1) is 22.7. The number of aromatic nitrogens is 3. The van der Waals surface area contributed by atoms with E-state index in [2.05, 4.69) is 56.0 Å². The third-order valence-electron chi connectivity index (χ3n) is 6.85. The molecule has 1 aromatic heterocycles. The number of nitrogens with one attached hydrogen (secondary N) is 1. The van der Waals surface area contributed by atoms with Crippen LogP contribution in [-0.4, -0.2) is 70.8 Å². The number of carbonyl (C=O) groups excluding carboxylic acids is 1. The van der Waals surface area contributed by atoms with E-state index in [4.69, 9.17) is 4.74 Å². The fourth-order valence-electron chi connectivity index (χ4n) is 4.83. The van der Waals surface area contributed by atoms with E-state index < -0.39 is 0 Å². The van der Waals surface area contributed by atoms with Gasteiger partial charge in [0.15, 0.2) is 5.82 Å². The summed E-state index contributed by atoms with van der Waals surface area (Å²) in [4.78, 5) is 17.5. The first-order valence-electron chi connectivity index (χ1n) is 11.7. The van der Waals surface area contributed by atoms with E-state index in [0.717, 1.165) is 81.5 Å². The number of aryl methyl sites for hydroxylation is 1. The van der Waals surface area contributed by atoms with Gasteiger partial charge in [0.05, 0.1) is 13.2 Å². The highest BCUT2D eigenvalue weighted by atomic mass is 16.5. The molecule has 0 bridgehead atoms. The van der Waals surface area contributed by atoms with Crippen LogP contribution in [0, 0.1) is 12.8 Å². The van der Waals surface area contributed by atoms with E-state index in [1.54, 1.807) is 7.11 Å². The quantitative estimate of drug-likeness (QED) is 0.742. The molecule has 0 radical (unpaired) electrons. The molecule has 0 unspecified atom stereocenters. The first-order valence-corrected chi connectivity index (χ1v) is 11.7. The van der Waals surface area contributed by atoms with Gasteiger partial charge in [-0.05, 0) is 64.0 Å². The van der Waals surface area contributed by atoms with Crippen LogP contribution in [0.4, 0.5) is 0 Å². The molecule has 3 heterocycles. The smallest absolute Gasteiger partial charge is 0.223 e. The summed E-state index contributed by atoms with van der Waals surface area (Å²) in [6, 6.07) is 6.25. The highest BCUT2D eigenvalue weighted by molar-refractivity contribution is 5.79. The van der Waals surface area contributed by atoms with Crippen molar-refractivity contribution in [3.8, 4) is 5.75 Å². The SMILES string of the molecule is COc1ccc(CN2CCc3nnc([C@H](C)NC(=O)C4CCN(C)CC4)n3CC2)cc1C. The zero-order valence-electron chi connectivity index (χ0n) is 19.8. The van der Waals surface area contributed by atoms with Crippen molar-refractivity contribution in [1.82, 2.24) is 29.9 Å². The number of amides is 1. The van der Waals surface area contributed by atoms with Crippen LogP contribution >= 0.6 is 0 Å². The van der Waals surface area contributed by atoms with E-state index >= 15 is 0 Å². The van der Waals surface area contributed by atoms with Crippen molar-refractivity contribution < 1.29 is 9.53 Å². The number of hydrogen-bond donors (Lipinski definition) is 1. The average Bonchev–Trinajstić information content (AvgIpc) is 3.09. The lowest BCUT2D eigenvalue weighted by molar-refractivity contribution is -0.127. The number of nitrogens with zero attached hydrogens (tertiary/aromatic N) is 5. The van der Waals surface area contributed by atoms with E-state index in [-0.39, 0.29) is 17.9 Å². The summed E-state index contributed by atoms with van der Waals surface area (Å²) in [5.74, 6) is 3.05. The summed E-state index contributed by atoms with van der Waals surface area (Å²) in [6.45, 7) is 9.68. The predicted molar refractivity (Wildman–Crippen MR) is 124 cm³/mol. The molecule has 1 fully saturated rings. The van der Waals surface area contributed by atoms with E-state index in [9.17, 15) is 4.79 Å². The third-order valence-corrected chi connectivity index (χ3v) is 6.85. The molecule has 32 heavy (non-hydrogen) atoms. The minimum absolute atomic E-state index is 0.101. The number of fused-ring (bicyclic) bond motifs is 1. The fourth-order valence-corrected chi connectivity index (χ4v) is 4.83. The maximum Gasteiger partial charge on any atom is 0.223 e. The molecular weight excluding hydrogens is 404 g/mol. The molecule has 174 valence electrons. The fraction of sp³-hybridized carbons (Fsp3) is 0.625. The van der Waals surface area contributed by atoms with Crippen LogP contribution in [-0.2, 0) is 24.3 Å². The molecule has 1 saturated heterocycles. The molecule has 0 saturated carbocycles. The van der Waals surface area contributed by atoms with Crippen molar-refractivity contribution >= 4 is 5.91 Å². The molecule has 1 amide bonds. The van der Waals surface area contributed by atoms with Gasteiger partial charge in [0, 0.05) is 38.5 Å². The van der Waals surface area contributed by atoms with E-state index in [0.29, 0.717) is 0 Å². The van der Waals surface area contributed by atoms with Crippen molar-refractivity contribution in [2.24, 2.45) is 5.92 Å². The van der Waals surface area contributed by atoms with Crippen LogP contribution in [0.5, 0.6) is 5.75 Å². The first-order chi connectivity index (χ1) is 15.4. The van der Waals surface area contributed by atoms with Gasteiger partial charge in [0.1, 0.15) is 11.6 Å². The lowest BCUT2D eigenvalue weighted by atomic mass is 9.96. The number of ether oxygens (including phenoxy) is 1. The Morgan fingerprint density at radius 2 is 1.97 bits per heavy atom. The molecule has 0 spiro atoms. The molecule has 1 aromatic carbocycles. The number of carbonyl (C=O) groups is 1. The van der Waals surface area contributed by atoms with Gasteiger partial charge in [-0.1, -0.05) is 12.1 Å². The number of hydrogen-bond acceptors (Lipinski definition) is 6. The van der Waals surface area contributed by atoms with Gasteiger partial charge in [-0.25, -0.2) is 0 Å². The average molecular weight is 441 g/mol. The standard InChI is InChI=1S/C24H36N6O2/c1-17-15-19(5-6-21(17)32-4)16-29-12-9-22-26-27-23(30(22)14-13-29)18(2)25-24(31)20-7-10-28(3)11-8-20/h5-6,15,18,20H,7-14,16H2,1-4H3,(H,25,31)/t18-/m0/s1. The maximum absolute atomic E-state index is 12.8. The number of piperidine rings is 1. The Morgan fingerprint density at radius 1 is 1.19 bits per heavy atom. The summed E-state index contributed by atoms with van der Waals surface area (Å²) in [7, 11) is 3.82.